The second-order valence-electron chi connectivity index (χ2n) is 17.0. The number of halogens is 3. The van der Waals surface area contributed by atoms with Crippen LogP contribution in [0.3, 0.4) is 0 Å². The molecule has 3 nitrogen and oxygen atoms in total. The third kappa shape index (κ3) is 6.85. The van der Waals surface area contributed by atoms with Crippen molar-refractivity contribution in [1.29, 1.82) is 0 Å². The number of fused-ring (bicyclic) bond motifs is 6. The first kappa shape index (κ1) is 39.7. The molecule has 0 saturated carbocycles. The standard InChI is InChI=1S/C59H40F3N3/c1-36-11-9-13-39(27-36)41-20-24-55-50(32-41)47-15-5-7-17-53(47)64(55)57-26-22-46(63-4)35-52(57)49-23-19-43(44-29-38(3)30-45(31-44)59(60,61)62)34-58(49)65-54-18-8-6-16-48(54)51-33-42(21-25-56(51)65)40-14-10-12-37(2)28-40/h5-35H,1-3H3. The van der Waals surface area contributed by atoms with Gasteiger partial charge < -0.3 is 9.13 Å². The van der Waals surface area contributed by atoms with Crippen LogP contribution in [0.15, 0.2) is 188 Å². The quantitative estimate of drug-likeness (QED) is 0.148. The molecule has 0 N–H and O–H groups in total. The summed E-state index contributed by atoms with van der Waals surface area (Å²) in [5.74, 6) is 0. The van der Waals surface area contributed by atoms with Crippen molar-refractivity contribution in [2.24, 2.45) is 0 Å². The van der Waals surface area contributed by atoms with Crippen LogP contribution in [0.5, 0.6) is 0 Å². The predicted molar refractivity (Wildman–Crippen MR) is 262 cm³/mol. The first-order chi connectivity index (χ1) is 31.5. The summed E-state index contributed by atoms with van der Waals surface area (Å²) >= 11 is 0. The lowest BCUT2D eigenvalue weighted by Crippen LogP contribution is -2.05. The highest BCUT2D eigenvalue weighted by Gasteiger charge is 2.31. The highest BCUT2D eigenvalue weighted by Crippen LogP contribution is 2.45. The van der Waals surface area contributed by atoms with Crippen LogP contribution in [0.25, 0.3) is 104 Å². The topological polar surface area (TPSA) is 14.2 Å². The van der Waals surface area contributed by atoms with Crippen molar-refractivity contribution in [1.82, 2.24) is 9.13 Å². The van der Waals surface area contributed by atoms with E-state index in [2.05, 4.69) is 143 Å². The first-order valence-corrected chi connectivity index (χ1v) is 21.6. The Balaban J connectivity index is 1.21. The molecule has 9 aromatic carbocycles. The molecule has 312 valence electrons. The fourth-order valence-electron chi connectivity index (χ4n) is 9.71. The van der Waals surface area contributed by atoms with Gasteiger partial charge in [-0.1, -0.05) is 132 Å². The number of benzene rings is 9. The number of rotatable bonds is 6. The molecule has 0 aliphatic carbocycles. The van der Waals surface area contributed by atoms with Gasteiger partial charge in [0.25, 0.3) is 0 Å². The van der Waals surface area contributed by atoms with Crippen molar-refractivity contribution < 1.29 is 13.2 Å². The third-order valence-corrected chi connectivity index (χ3v) is 12.7. The van der Waals surface area contributed by atoms with E-state index < -0.39 is 11.7 Å². The van der Waals surface area contributed by atoms with E-state index in [9.17, 15) is 13.2 Å². The highest BCUT2D eigenvalue weighted by molar-refractivity contribution is 6.13. The van der Waals surface area contributed by atoms with Crippen molar-refractivity contribution in [3.63, 3.8) is 0 Å². The van der Waals surface area contributed by atoms with Crippen molar-refractivity contribution in [3.8, 4) is 55.9 Å². The summed E-state index contributed by atoms with van der Waals surface area (Å²) in [6.07, 6.45) is -4.51. The summed E-state index contributed by atoms with van der Waals surface area (Å²) in [6, 6.07) is 62.8. The van der Waals surface area contributed by atoms with E-state index in [1.807, 2.05) is 60.7 Å². The summed E-state index contributed by atoms with van der Waals surface area (Å²) in [5, 5.41) is 4.29. The zero-order valence-corrected chi connectivity index (χ0v) is 35.9. The summed E-state index contributed by atoms with van der Waals surface area (Å²) in [4.78, 5) is 3.93. The minimum Gasteiger partial charge on any atom is -0.309 e. The molecule has 6 heteroatoms. The molecule has 0 unspecified atom stereocenters. The second kappa shape index (κ2) is 15.3. The summed E-state index contributed by atoms with van der Waals surface area (Å²) in [7, 11) is 0. The van der Waals surface area contributed by atoms with Gasteiger partial charge in [-0.25, -0.2) is 4.85 Å². The lowest BCUT2D eigenvalue weighted by Gasteiger charge is -2.20. The average molecular weight is 848 g/mol. The fourth-order valence-corrected chi connectivity index (χ4v) is 9.71. The van der Waals surface area contributed by atoms with E-state index in [1.54, 1.807) is 6.92 Å². The molecular formula is C59H40F3N3. The van der Waals surface area contributed by atoms with E-state index >= 15 is 0 Å². The Kier molecular flexibility index (Phi) is 9.34. The highest BCUT2D eigenvalue weighted by atomic mass is 19.4. The molecule has 0 saturated heterocycles. The average Bonchev–Trinajstić information content (AvgIpc) is 3.83. The molecule has 0 radical (unpaired) electrons. The van der Waals surface area contributed by atoms with Gasteiger partial charge in [-0.2, -0.15) is 13.2 Å². The molecule has 0 spiro atoms. The predicted octanol–water partition coefficient (Wildman–Crippen LogP) is 17.0. The zero-order valence-electron chi connectivity index (χ0n) is 35.9. The molecule has 0 atom stereocenters. The smallest absolute Gasteiger partial charge is 0.309 e. The van der Waals surface area contributed by atoms with Crippen molar-refractivity contribution in [2.45, 2.75) is 26.9 Å². The van der Waals surface area contributed by atoms with Gasteiger partial charge in [-0.05, 0) is 132 Å². The van der Waals surface area contributed by atoms with Gasteiger partial charge in [0.15, 0.2) is 5.69 Å². The molecule has 11 rings (SSSR count). The molecule has 0 bridgehead atoms. The van der Waals surface area contributed by atoms with Crippen LogP contribution in [-0.4, -0.2) is 9.13 Å². The number of hydrogen-bond acceptors (Lipinski definition) is 0. The molecule has 65 heavy (non-hydrogen) atoms. The maximum atomic E-state index is 14.3. The number of nitrogens with zero attached hydrogens (tertiary/aromatic N) is 3. The minimum atomic E-state index is -4.51. The van der Waals surface area contributed by atoms with Crippen molar-refractivity contribution in [2.75, 3.05) is 0 Å². The number of aryl methyl sites for hydroxylation is 3. The number of alkyl halides is 3. The summed E-state index contributed by atoms with van der Waals surface area (Å²) in [6.45, 7) is 14.1. The zero-order chi connectivity index (χ0) is 44.6. The molecule has 2 aromatic heterocycles. The molecule has 0 aliphatic heterocycles. The van der Waals surface area contributed by atoms with Crippen molar-refractivity contribution >= 4 is 49.3 Å². The van der Waals surface area contributed by atoms with Gasteiger partial charge in [0, 0.05) is 27.1 Å². The Morgan fingerprint density at radius 1 is 0.385 bits per heavy atom. The summed E-state index contributed by atoms with van der Waals surface area (Å²) in [5.41, 5.74) is 15.4. The van der Waals surface area contributed by atoms with Crippen LogP contribution in [-0.2, 0) is 6.18 Å². The Labute approximate surface area is 374 Å². The van der Waals surface area contributed by atoms with E-state index in [0.29, 0.717) is 22.4 Å². The fraction of sp³-hybridized carbons (Fsp3) is 0.0678. The SMILES string of the molecule is [C-]#[N+]c1ccc(-n2c3ccccc3c3cc(-c4cccc(C)c4)ccc32)c(-c2ccc(-c3cc(C)cc(C(F)(F)F)c3)cc2-n2c3ccccc3c3cc(-c4cccc(C)c4)ccc32)c1. The van der Waals surface area contributed by atoms with Crippen molar-refractivity contribution in [3.05, 3.63) is 222 Å². The molecule has 0 amide bonds. The maximum absolute atomic E-state index is 14.3. The monoisotopic (exact) mass is 847 g/mol. The maximum Gasteiger partial charge on any atom is 0.416 e. The van der Waals surface area contributed by atoms with E-state index in [-0.39, 0.29) is 0 Å². The number of para-hydroxylation sites is 2. The van der Waals surface area contributed by atoms with Gasteiger partial charge in [-0.3, -0.25) is 0 Å². The molecule has 0 fully saturated rings. The van der Waals surface area contributed by atoms with Gasteiger partial charge in [0.2, 0.25) is 0 Å². The Morgan fingerprint density at radius 2 is 0.892 bits per heavy atom. The van der Waals surface area contributed by atoms with Crippen LogP contribution in [0, 0.1) is 27.3 Å². The van der Waals surface area contributed by atoms with Crippen LogP contribution >= 0.6 is 0 Å². The van der Waals surface area contributed by atoms with Gasteiger partial charge >= 0.3 is 6.18 Å². The Bertz CT molecular complexity index is 3760. The Morgan fingerprint density at radius 3 is 1.46 bits per heavy atom. The summed E-state index contributed by atoms with van der Waals surface area (Å²) < 4.78 is 47.5. The lowest BCUT2D eigenvalue weighted by atomic mass is 9.94. The Hall–Kier alpha value is -8.14. The van der Waals surface area contributed by atoms with Gasteiger partial charge in [0.1, 0.15) is 0 Å². The largest absolute Gasteiger partial charge is 0.416 e. The van der Waals surface area contributed by atoms with Crippen LogP contribution in [0.1, 0.15) is 22.3 Å². The molecular weight excluding hydrogens is 808 g/mol. The van der Waals surface area contributed by atoms with Gasteiger partial charge in [-0.15, -0.1) is 0 Å². The lowest BCUT2D eigenvalue weighted by molar-refractivity contribution is -0.137. The third-order valence-electron chi connectivity index (χ3n) is 12.7. The van der Waals surface area contributed by atoms with Crippen LogP contribution in [0.4, 0.5) is 18.9 Å². The van der Waals surface area contributed by atoms with Crippen LogP contribution in [0.2, 0.25) is 0 Å². The van der Waals surface area contributed by atoms with E-state index in [4.69, 9.17) is 6.57 Å². The van der Waals surface area contributed by atoms with E-state index in [0.717, 1.165) is 88.4 Å². The number of aromatic nitrogens is 2. The molecule has 2 heterocycles. The molecule has 11 aromatic rings. The second-order valence-corrected chi connectivity index (χ2v) is 17.0. The van der Waals surface area contributed by atoms with Crippen LogP contribution < -0.4 is 0 Å². The number of hydrogen-bond donors (Lipinski definition) is 0. The molecule has 0 aliphatic rings. The van der Waals surface area contributed by atoms with Gasteiger partial charge in [0.05, 0.1) is 45.6 Å². The normalized spacial score (nSPS) is 11.8. The first-order valence-electron chi connectivity index (χ1n) is 21.6. The van der Waals surface area contributed by atoms with E-state index in [1.165, 1.54) is 23.3 Å². The minimum absolute atomic E-state index is 0.467.